The van der Waals surface area contributed by atoms with Gasteiger partial charge in [-0.15, -0.1) is 11.3 Å². The largest absolute Gasteiger partial charge is 0.489 e. The van der Waals surface area contributed by atoms with E-state index in [1.54, 1.807) is 29.9 Å². The lowest BCUT2D eigenvalue weighted by molar-refractivity contribution is 0.154. The summed E-state index contributed by atoms with van der Waals surface area (Å²) in [7, 11) is 0. The first-order valence-electron chi connectivity index (χ1n) is 12.2. The lowest BCUT2D eigenvalue weighted by Crippen LogP contribution is -2.19. The molecule has 6 aromatic heterocycles. The summed E-state index contributed by atoms with van der Waals surface area (Å²) in [5.41, 5.74) is 5.90. The molecule has 1 aliphatic rings. The number of ether oxygens (including phenoxy) is 1. The van der Waals surface area contributed by atoms with Crippen molar-refractivity contribution in [3.05, 3.63) is 60.5 Å². The number of aromatic nitrogens is 7. The smallest absolute Gasteiger partial charge is 0.160 e. The predicted octanol–water partition coefficient (Wildman–Crippen LogP) is 6.40. The third-order valence-electron chi connectivity index (χ3n) is 6.71. The van der Waals surface area contributed by atoms with Gasteiger partial charge in [0.25, 0.3) is 0 Å². The van der Waals surface area contributed by atoms with Crippen LogP contribution in [0.5, 0.6) is 5.75 Å². The maximum atomic E-state index is 6.23. The Bertz CT molecular complexity index is 1660. The minimum Gasteiger partial charge on any atom is -0.489 e. The van der Waals surface area contributed by atoms with Gasteiger partial charge in [-0.3, -0.25) is 15.1 Å². The van der Waals surface area contributed by atoms with Crippen molar-refractivity contribution in [3.63, 3.8) is 0 Å². The topological polar surface area (TPSA) is 105 Å². The highest BCUT2D eigenvalue weighted by Gasteiger charge is 2.18. The van der Waals surface area contributed by atoms with Crippen LogP contribution in [-0.4, -0.2) is 41.2 Å². The maximum absolute atomic E-state index is 6.23. The summed E-state index contributed by atoms with van der Waals surface area (Å²) in [6, 6.07) is 10.2. The molecule has 0 saturated heterocycles. The number of thiophene rings is 1. The molecule has 7 rings (SSSR count). The van der Waals surface area contributed by atoms with Gasteiger partial charge < -0.3 is 9.72 Å². The van der Waals surface area contributed by atoms with Crippen molar-refractivity contribution in [1.82, 2.24) is 35.1 Å². The fourth-order valence-electron chi connectivity index (χ4n) is 4.91. The molecule has 0 unspecified atom stereocenters. The van der Waals surface area contributed by atoms with Crippen LogP contribution in [-0.2, 0) is 0 Å². The number of nitrogens with zero attached hydrogens (tertiary/aromatic N) is 5. The number of fused-ring (bicyclic) bond motifs is 2. The molecule has 6 aromatic rings. The number of nitrogens with one attached hydrogen (secondary N) is 2. The van der Waals surface area contributed by atoms with Crippen LogP contribution in [0.4, 0.5) is 0 Å². The summed E-state index contributed by atoms with van der Waals surface area (Å²) < 4.78 is 6.23. The molecule has 1 fully saturated rings. The van der Waals surface area contributed by atoms with Crippen molar-refractivity contribution in [3.8, 4) is 39.0 Å². The Morgan fingerprint density at radius 2 is 1.94 bits per heavy atom. The van der Waals surface area contributed by atoms with E-state index < -0.39 is 0 Å². The Kier molecular flexibility index (Phi) is 5.20. The summed E-state index contributed by atoms with van der Waals surface area (Å²) in [6.07, 6.45) is 13.4. The molecule has 1 saturated carbocycles. The van der Waals surface area contributed by atoms with E-state index >= 15 is 0 Å². The second-order valence-corrected chi connectivity index (χ2v) is 10.0. The molecule has 0 spiro atoms. The van der Waals surface area contributed by atoms with Crippen molar-refractivity contribution in [2.24, 2.45) is 0 Å². The molecule has 0 aromatic carbocycles. The van der Waals surface area contributed by atoms with Gasteiger partial charge in [0.2, 0.25) is 0 Å². The molecule has 178 valence electrons. The average Bonchev–Trinajstić information content (AvgIpc) is 3.68. The first-order chi connectivity index (χ1) is 17.8. The number of pyridine rings is 3. The number of H-pyrrole nitrogens is 2. The summed E-state index contributed by atoms with van der Waals surface area (Å²) in [5.74, 6) is 1.45. The number of rotatable bonds is 5. The van der Waals surface area contributed by atoms with Crippen molar-refractivity contribution in [1.29, 1.82) is 0 Å². The van der Waals surface area contributed by atoms with Gasteiger partial charge in [0.05, 0.1) is 29.7 Å². The van der Waals surface area contributed by atoms with Gasteiger partial charge in [0.15, 0.2) is 11.5 Å². The maximum Gasteiger partial charge on any atom is 0.160 e. The second kappa shape index (κ2) is 8.83. The highest BCUT2D eigenvalue weighted by Crippen LogP contribution is 2.34. The molecule has 0 atom stereocenters. The van der Waals surface area contributed by atoms with Gasteiger partial charge in [0, 0.05) is 33.8 Å². The summed E-state index contributed by atoms with van der Waals surface area (Å²) >= 11 is 1.68. The van der Waals surface area contributed by atoms with Crippen LogP contribution < -0.4 is 4.74 Å². The van der Waals surface area contributed by atoms with Crippen molar-refractivity contribution < 1.29 is 4.74 Å². The fourth-order valence-corrected chi connectivity index (χ4v) is 5.66. The molecule has 9 heteroatoms. The standard InChI is InChI=1S/C27H23N7OS/c1-2-5-17(6-3-1)35-18-11-16(13-28-14-18)21-12-20-22(15-30-21)33-34-25(20)27-31-24-19(23-7-4-10-36-23)8-9-29-26(24)32-27/h4,7-15,17H,1-3,5-6H2,(H,33,34)(H,29,31,32). The van der Waals surface area contributed by atoms with E-state index in [0.29, 0.717) is 5.82 Å². The van der Waals surface area contributed by atoms with Crippen LogP contribution >= 0.6 is 11.3 Å². The van der Waals surface area contributed by atoms with E-state index in [4.69, 9.17) is 9.72 Å². The average molecular weight is 494 g/mol. The lowest BCUT2D eigenvalue weighted by atomic mass is 9.98. The molecule has 0 radical (unpaired) electrons. The zero-order chi connectivity index (χ0) is 23.9. The monoisotopic (exact) mass is 493 g/mol. The molecule has 0 amide bonds. The van der Waals surface area contributed by atoms with E-state index in [-0.39, 0.29) is 6.10 Å². The fraction of sp³-hybridized carbons (Fsp3) is 0.222. The first kappa shape index (κ1) is 21.2. The Morgan fingerprint density at radius 1 is 1.00 bits per heavy atom. The van der Waals surface area contributed by atoms with Gasteiger partial charge in [-0.05, 0) is 55.3 Å². The van der Waals surface area contributed by atoms with Crippen LogP contribution in [0, 0.1) is 0 Å². The van der Waals surface area contributed by atoms with Crippen LogP contribution in [0.25, 0.3) is 55.3 Å². The lowest BCUT2D eigenvalue weighted by Gasteiger charge is -2.22. The Balaban J connectivity index is 1.26. The highest BCUT2D eigenvalue weighted by molar-refractivity contribution is 7.13. The van der Waals surface area contributed by atoms with E-state index in [0.717, 1.165) is 68.0 Å². The third kappa shape index (κ3) is 3.81. The van der Waals surface area contributed by atoms with Gasteiger partial charge >= 0.3 is 0 Å². The molecule has 2 N–H and O–H groups in total. The number of aromatic amines is 2. The van der Waals surface area contributed by atoms with Crippen molar-refractivity contribution in [2.75, 3.05) is 0 Å². The third-order valence-corrected chi connectivity index (χ3v) is 7.61. The van der Waals surface area contributed by atoms with Gasteiger partial charge in [-0.2, -0.15) is 5.10 Å². The zero-order valence-corrected chi connectivity index (χ0v) is 20.3. The molecule has 0 bridgehead atoms. The number of hydrogen-bond acceptors (Lipinski definition) is 7. The van der Waals surface area contributed by atoms with Crippen LogP contribution in [0.2, 0.25) is 0 Å². The Labute approximate surface area is 210 Å². The van der Waals surface area contributed by atoms with Crippen molar-refractivity contribution >= 4 is 33.4 Å². The van der Waals surface area contributed by atoms with Crippen LogP contribution in [0.3, 0.4) is 0 Å². The van der Waals surface area contributed by atoms with Crippen LogP contribution in [0.1, 0.15) is 32.1 Å². The van der Waals surface area contributed by atoms with Crippen LogP contribution in [0.15, 0.2) is 60.5 Å². The predicted molar refractivity (Wildman–Crippen MR) is 141 cm³/mol. The molecule has 0 aliphatic heterocycles. The Hall–Kier alpha value is -4.11. The van der Waals surface area contributed by atoms with Gasteiger partial charge in [0.1, 0.15) is 17.0 Å². The minimum atomic E-state index is 0.271. The summed E-state index contributed by atoms with van der Waals surface area (Å²) in [4.78, 5) is 23.0. The normalized spacial score (nSPS) is 14.6. The molecule has 36 heavy (non-hydrogen) atoms. The van der Waals surface area contributed by atoms with E-state index in [1.165, 1.54) is 19.3 Å². The van der Waals surface area contributed by atoms with E-state index in [9.17, 15) is 0 Å². The second-order valence-electron chi connectivity index (χ2n) is 9.09. The molecular formula is C27H23N7OS. The van der Waals surface area contributed by atoms with Gasteiger partial charge in [-0.1, -0.05) is 12.5 Å². The number of hydrogen-bond donors (Lipinski definition) is 2. The molecule has 1 aliphatic carbocycles. The molecule has 8 nitrogen and oxygen atoms in total. The molecular weight excluding hydrogens is 470 g/mol. The SMILES string of the molecule is c1csc(-c2ccnc3[nH]c(-c4n[nH]c5cnc(-c6cncc(OC7CCCCC7)c6)cc45)nc23)c1. The number of imidazole rings is 1. The quantitative estimate of drug-likeness (QED) is 0.288. The minimum absolute atomic E-state index is 0.271. The van der Waals surface area contributed by atoms with Crippen molar-refractivity contribution in [2.45, 2.75) is 38.2 Å². The zero-order valence-electron chi connectivity index (χ0n) is 19.4. The Morgan fingerprint density at radius 3 is 2.83 bits per heavy atom. The summed E-state index contributed by atoms with van der Waals surface area (Å²) in [5, 5.41) is 10.6. The van der Waals surface area contributed by atoms with Gasteiger partial charge in [-0.25, -0.2) is 9.97 Å². The van der Waals surface area contributed by atoms with E-state index in [1.807, 2.05) is 30.5 Å². The first-order valence-corrected chi connectivity index (χ1v) is 13.0. The molecule has 6 heterocycles. The van der Waals surface area contributed by atoms with E-state index in [2.05, 4.69) is 41.6 Å². The highest BCUT2D eigenvalue weighted by atomic mass is 32.1. The summed E-state index contributed by atoms with van der Waals surface area (Å²) in [6.45, 7) is 0.